The first-order valence-electron chi connectivity index (χ1n) is 7.62. The summed E-state index contributed by atoms with van der Waals surface area (Å²) in [5.74, 6) is 1.90. The van der Waals surface area contributed by atoms with E-state index in [1.165, 1.54) is 0 Å². The summed E-state index contributed by atoms with van der Waals surface area (Å²) in [6, 6.07) is 3.87. The average molecular weight is 399 g/mol. The minimum absolute atomic E-state index is 0.0868. The minimum atomic E-state index is -0.255. The van der Waals surface area contributed by atoms with Crippen LogP contribution in [0.3, 0.4) is 0 Å². The van der Waals surface area contributed by atoms with Crippen LogP contribution in [0.15, 0.2) is 21.6 Å². The summed E-state index contributed by atoms with van der Waals surface area (Å²) >= 11 is 3.47. The highest BCUT2D eigenvalue weighted by Crippen LogP contribution is 2.39. The van der Waals surface area contributed by atoms with Crippen LogP contribution < -0.4 is 25.4 Å². The van der Waals surface area contributed by atoms with Crippen molar-refractivity contribution >= 4 is 27.8 Å². The number of hydrogen-bond acceptors (Lipinski definition) is 4. The minimum Gasteiger partial charge on any atom is -0.454 e. The highest BCUT2D eigenvalue weighted by Gasteiger charge is 2.18. The summed E-state index contributed by atoms with van der Waals surface area (Å²) < 4.78 is 11.6. The predicted octanol–water partition coefficient (Wildman–Crippen LogP) is 1.76. The fourth-order valence-corrected chi connectivity index (χ4v) is 2.76. The largest absolute Gasteiger partial charge is 0.454 e. The lowest BCUT2D eigenvalue weighted by Gasteiger charge is -2.21. The molecule has 0 bridgehead atoms. The summed E-state index contributed by atoms with van der Waals surface area (Å²) in [6.45, 7) is 6.74. The number of hydrogen-bond donors (Lipinski definition) is 3. The van der Waals surface area contributed by atoms with Crippen molar-refractivity contribution in [3.63, 3.8) is 0 Å². The Bertz CT molecular complexity index is 641. The van der Waals surface area contributed by atoms with Crippen LogP contribution in [0.2, 0.25) is 0 Å². The first-order valence-corrected chi connectivity index (χ1v) is 8.41. The van der Waals surface area contributed by atoms with E-state index in [4.69, 9.17) is 9.47 Å². The van der Waals surface area contributed by atoms with E-state index in [-0.39, 0.29) is 24.8 Å². The Labute approximate surface area is 150 Å². The molecule has 1 amide bonds. The Morgan fingerprint density at radius 1 is 1.29 bits per heavy atom. The van der Waals surface area contributed by atoms with E-state index in [2.05, 4.69) is 36.9 Å². The summed E-state index contributed by atoms with van der Waals surface area (Å²) in [5.41, 5.74) is 0.752. The third-order valence-corrected chi connectivity index (χ3v) is 3.69. The van der Waals surface area contributed by atoms with Gasteiger partial charge in [-0.1, -0.05) is 0 Å². The van der Waals surface area contributed by atoms with E-state index in [0.717, 1.165) is 15.8 Å². The molecule has 0 aromatic heterocycles. The summed E-state index contributed by atoms with van der Waals surface area (Å²) in [6.07, 6.45) is 0. The van der Waals surface area contributed by atoms with Gasteiger partial charge in [0.25, 0.3) is 0 Å². The molecule has 0 saturated carbocycles. The zero-order valence-corrected chi connectivity index (χ0v) is 15.9. The maximum absolute atomic E-state index is 11.8. The fraction of sp³-hybridized carbons (Fsp3) is 0.500. The van der Waals surface area contributed by atoms with Gasteiger partial charge in [0.05, 0.1) is 11.0 Å². The van der Waals surface area contributed by atoms with Gasteiger partial charge in [0.15, 0.2) is 17.5 Å². The quantitative estimate of drug-likeness (QED) is 0.531. The number of carbonyl (C=O) groups is 1. The second kappa shape index (κ2) is 7.74. The molecule has 2 rings (SSSR count). The topological polar surface area (TPSA) is 84.0 Å². The zero-order chi connectivity index (χ0) is 17.7. The number of nitrogens with one attached hydrogen (secondary N) is 3. The van der Waals surface area contributed by atoms with Crippen LogP contribution in [-0.2, 0) is 11.3 Å². The van der Waals surface area contributed by atoms with Crippen LogP contribution in [-0.4, -0.2) is 37.8 Å². The van der Waals surface area contributed by atoms with Crippen LogP contribution in [0, 0.1) is 0 Å². The first-order chi connectivity index (χ1) is 11.3. The molecular weight excluding hydrogens is 376 g/mol. The van der Waals surface area contributed by atoms with Crippen LogP contribution in [0.25, 0.3) is 0 Å². The molecule has 1 aromatic rings. The van der Waals surface area contributed by atoms with Crippen molar-refractivity contribution < 1.29 is 14.3 Å². The second-order valence-corrected chi connectivity index (χ2v) is 7.24. The van der Waals surface area contributed by atoms with Crippen LogP contribution in [0.5, 0.6) is 11.5 Å². The molecule has 8 heteroatoms. The van der Waals surface area contributed by atoms with Gasteiger partial charge in [-0.05, 0) is 54.4 Å². The molecule has 132 valence electrons. The van der Waals surface area contributed by atoms with Crippen LogP contribution in [0.1, 0.15) is 26.3 Å². The van der Waals surface area contributed by atoms with Gasteiger partial charge in [0.1, 0.15) is 0 Å². The third kappa shape index (κ3) is 5.30. The molecule has 0 saturated heterocycles. The van der Waals surface area contributed by atoms with E-state index in [9.17, 15) is 4.79 Å². The van der Waals surface area contributed by atoms with E-state index >= 15 is 0 Å². The van der Waals surface area contributed by atoms with E-state index in [1.54, 1.807) is 7.05 Å². The van der Waals surface area contributed by atoms with Gasteiger partial charge in [-0.2, -0.15) is 0 Å². The number of fused-ring (bicyclic) bond motifs is 1. The van der Waals surface area contributed by atoms with E-state index in [0.29, 0.717) is 18.3 Å². The van der Waals surface area contributed by atoms with Gasteiger partial charge in [0, 0.05) is 19.1 Å². The van der Waals surface area contributed by atoms with Gasteiger partial charge in [-0.25, -0.2) is 0 Å². The van der Waals surface area contributed by atoms with Crippen molar-refractivity contribution in [3.8, 4) is 11.5 Å². The van der Waals surface area contributed by atoms with Crippen LogP contribution in [0.4, 0.5) is 0 Å². The first kappa shape index (κ1) is 18.4. The lowest BCUT2D eigenvalue weighted by atomic mass is 10.1. The molecule has 0 fully saturated rings. The monoisotopic (exact) mass is 398 g/mol. The van der Waals surface area contributed by atoms with Crippen molar-refractivity contribution in [1.82, 2.24) is 16.0 Å². The second-order valence-electron chi connectivity index (χ2n) is 6.39. The molecule has 0 radical (unpaired) electrons. The van der Waals surface area contributed by atoms with Gasteiger partial charge in [-0.15, -0.1) is 0 Å². The lowest BCUT2D eigenvalue weighted by molar-refractivity contribution is -0.121. The molecule has 1 aliphatic rings. The van der Waals surface area contributed by atoms with E-state index in [1.807, 2.05) is 32.9 Å². The summed E-state index contributed by atoms with van der Waals surface area (Å²) in [7, 11) is 1.66. The highest BCUT2D eigenvalue weighted by atomic mass is 79.9. The maximum Gasteiger partial charge on any atom is 0.239 e. The van der Waals surface area contributed by atoms with Crippen molar-refractivity contribution in [2.45, 2.75) is 32.9 Å². The standard InChI is InChI=1S/C16H23BrN4O3/c1-16(2,3)21-13(22)8-20-15(18-4)19-7-10-5-11(17)14-12(6-10)23-9-24-14/h5-6H,7-9H2,1-4H3,(H,21,22)(H2,18,19,20). The Kier molecular flexibility index (Phi) is 5.93. The van der Waals surface area contributed by atoms with Gasteiger partial charge >= 0.3 is 0 Å². The number of rotatable bonds is 4. The number of nitrogens with zero attached hydrogens (tertiary/aromatic N) is 1. The van der Waals surface area contributed by atoms with Crippen LogP contribution >= 0.6 is 15.9 Å². The molecule has 1 heterocycles. The molecule has 0 spiro atoms. The Balaban J connectivity index is 1.86. The highest BCUT2D eigenvalue weighted by molar-refractivity contribution is 9.10. The maximum atomic E-state index is 11.8. The van der Waals surface area contributed by atoms with Crippen molar-refractivity contribution in [1.29, 1.82) is 0 Å². The molecule has 0 unspecified atom stereocenters. The molecule has 1 aliphatic heterocycles. The number of guanidine groups is 1. The SMILES string of the molecule is CN=C(NCC(=O)NC(C)(C)C)NCc1cc(Br)c2c(c1)OCO2. The Morgan fingerprint density at radius 3 is 2.71 bits per heavy atom. The van der Waals surface area contributed by atoms with Crippen molar-refractivity contribution in [3.05, 3.63) is 22.2 Å². The third-order valence-electron chi connectivity index (χ3n) is 3.10. The van der Waals surface area contributed by atoms with Gasteiger partial charge in [-0.3, -0.25) is 9.79 Å². The number of halogens is 1. The molecular formula is C16H23BrN4O3. The number of benzene rings is 1. The van der Waals surface area contributed by atoms with Crippen molar-refractivity contribution in [2.24, 2.45) is 4.99 Å². The molecule has 3 N–H and O–H groups in total. The summed E-state index contributed by atoms with van der Waals surface area (Å²) in [4.78, 5) is 15.9. The number of carbonyl (C=O) groups excluding carboxylic acids is 1. The molecule has 1 aromatic carbocycles. The smallest absolute Gasteiger partial charge is 0.239 e. The lowest BCUT2D eigenvalue weighted by Crippen LogP contribution is -2.48. The zero-order valence-electron chi connectivity index (χ0n) is 14.3. The average Bonchev–Trinajstić information content (AvgIpc) is 2.94. The number of ether oxygens (including phenoxy) is 2. The van der Waals surface area contributed by atoms with Gasteiger partial charge < -0.3 is 25.4 Å². The molecule has 7 nitrogen and oxygen atoms in total. The molecule has 0 atom stereocenters. The Morgan fingerprint density at radius 2 is 2.04 bits per heavy atom. The van der Waals surface area contributed by atoms with Crippen molar-refractivity contribution in [2.75, 3.05) is 20.4 Å². The van der Waals surface area contributed by atoms with E-state index < -0.39 is 0 Å². The summed E-state index contributed by atoms with van der Waals surface area (Å²) in [5, 5.41) is 9.04. The molecule has 24 heavy (non-hydrogen) atoms. The fourth-order valence-electron chi connectivity index (χ4n) is 2.16. The number of amides is 1. The molecule has 0 aliphatic carbocycles. The van der Waals surface area contributed by atoms with Gasteiger partial charge in [0.2, 0.25) is 12.7 Å². The number of aliphatic imine (C=N–C) groups is 1. The Hall–Kier alpha value is -1.96. The normalized spacial score (nSPS) is 13.6. The predicted molar refractivity (Wildman–Crippen MR) is 96.4 cm³/mol.